The maximum Gasteiger partial charge on any atom is 0.221 e. The van der Waals surface area contributed by atoms with E-state index in [0.717, 1.165) is 25.9 Å². The molecule has 0 aromatic rings. The van der Waals surface area contributed by atoms with E-state index in [9.17, 15) is 0 Å². The molecule has 0 amide bonds. The lowest BCUT2D eigenvalue weighted by Gasteiger charge is -2.31. The van der Waals surface area contributed by atoms with Gasteiger partial charge in [-0.1, -0.05) is 0 Å². The summed E-state index contributed by atoms with van der Waals surface area (Å²) in [6, 6.07) is 0. The molecule has 0 aromatic heterocycles. The number of hydrogen-bond acceptors (Lipinski definition) is 2. The molecule has 1 aliphatic heterocycles. The van der Waals surface area contributed by atoms with Gasteiger partial charge < -0.3 is 21.5 Å². The Balaban J connectivity index is 2.42. The highest BCUT2D eigenvalue weighted by molar-refractivity contribution is 5.91. The Morgan fingerprint density at radius 1 is 1.43 bits per heavy atom. The maximum atomic E-state index is 8.92. The smallest absolute Gasteiger partial charge is 0.221 e. The van der Waals surface area contributed by atoms with E-state index in [2.05, 4.69) is 4.99 Å². The molecule has 0 radical (unpaired) electrons. The Morgan fingerprint density at radius 2 is 2.00 bits per heavy atom. The lowest BCUT2D eigenvalue weighted by Crippen LogP contribution is -2.39. The summed E-state index contributed by atoms with van der Waals surface area (Å²) in [7, 11) is 0. The average Bonchev–Trinajstić information content (AvgIpc) is 2.17. The first kappa shape index (κ1) is 10.8. The molecule has 0 spiro atoms. The largest absolute Gasteiger partial charge is 0.396 e. The molecule has 0 aromatic carbocycles. The van der Waals surface area contributed by atoms with E-state index in [0.29, 0.717) is 5.92 Å². The summed E-state index contributed by atoms with van der Waals surface area (Å²) in [5, 5.41) is 16.5. The van der Waals surface area contributed by atoms with Crippen molar-refractivity contribution in [2.24, 2.45) is 22.4 Å². The number of guanidine groups is 2. The predicted molar refractivity (Wildman–Crippen MR) is 54.9 cm³/mol. The van der Waals surface area contributed by atoms with Crippen molar-refractivity contribution in [3.8, 4) is 0 Å². The summed E-state index contributed by atoms with van der Waals surface area (Å²) in [5.74, 6) is 0.388. The van der Waals surface area contributed by atoms with Gasteiger partial charge in [-0.3, -0.25) is 5.41 Å². The van der Waals surface area contributed by atoms with Crippen LogP contribution in [0.3, 0.4) is 0 Å². The minimum atomic E-state index is -0.0840. The number of hydrogen-bond donors (Lipinski definition) is 4. The van der Waals surface area contributed by atoms with Crippen LogP contribution in [0.2, 0.25) is 0 Å². The second-order valence-electron chi connectivity index (χ2n) is 3.47. The number of nitrogens with zero attached hydrogens (tertiary/aromatic N) is 2. The van der Waals surface area contributed by atoms with Crippen LogP contribution in [0.1, 0.15) is 12.8 Å². The van der Waals surface area contributed by atoms with E-state index >= 15 is 0 Å². The fourth-order valence-corrected chi connectivity index (χ4v) is 1.52. The third-order valence-corrected chi connectivity index (χ3v) is 2.41. The van der Waals surface area contributed by atoms with E-state index in [1.807, 2.05) is 4.90 Å². The molecule has 0 unspecified atom stereocenters. The highest BCUT2D eigenvalue weighted by Gasteiger charge is 2.19. The molecule has 14 heavy (non-hydrogen) atoms. The Bertz CT molecular complexity index is 228. The Hall–Kier alpha value is -1.30. The highest BCUT2D eigenvalue weighted by atomic mass is 16.3. The Kier molecular flexibility index (Phi) is 3.70. The zero-order valence-electron chi connectivity index (χ0n) is 8.11. The van der Waals surface area contributed by atoms with Gasteiger partial charge in [-0.25, -0.2) is 0 Å². The van der Waals surface area contributed by atoms with Gasteiger partial charge in [-0.05, 0) is 18.8 Å². The van der Waals surface area contributed by atoms with E-state index in [4.69, 9.17) is 22.0 Å². The van der Waals surface area contributed by atoms with E-state index in [-0.39, 0.29) is 18.5 Å². The maximum absolute atomic E-state index is 8.92. The van der Waals surface area contributed by atoms with Crippen molar-refractivity contribution in [1.29, 1.82) is 5.41 Å². The molecule has 80 valence electrons. The van der Waals surface area contributed by atoms with Gasteiger partial charge in [-0.15, -0.1) is 0 Å². The van der Waals surface area contributed by atoms with Crippen LogP contribution in [-0.2, 0) is 0 Å². The first-order valence-electron chi connectivity index (χ1n) is 4.67. The summed E-state index contributed by atoms with van der Waals surface area (Å²) < 4.78 is 0. The van der Waals surface area contributed by atoms with E-state index in [1.54, 1.807) is 0 Å². The van der Waals surface area contributed by atoms with Crippen molar-refractivity contribution in [2.75, 3.05) is 19.7 Å². The third kappa shape index (κ3) is 2.88. The molecular formula is C8H17N5O. The molecule has 0 aliphatic carbocycles. The van der Waals surface area contributed by atoms with Crippen molar-refractivity contribution in [1.82, 2.24) is 4.90 Å². The van der Waals surface area contributed by atoms with Gasteiger partial charge in [0.05, 0.1) is 0 Å². The monoisotopic (exact) mass is 199 g/mol. The van der Waals surface area contributed by atoms with Crippen LogP contribution in [-0.4, -0.2) is 41.6 Å². The molecule has 1 fully saturated rings. The molecule has 6 heteroatoms. The van der Waals surface area contributed by atoms with Gasteiger partial charge >= 0.3 is 0 Å². The highest BCUT2D eigenvalue weighted by Crippen LogP contribution is 2.16. The molecule has 6 N–H and O–H groups in total. The topological polar surface area (TPSA) is 112 Å². The summed E-state index contributed by atoms with van der Waals surface area (Å²) >= 11 is 0. The van der Waals surface area contributed by atoms with Crippen molar-refractivity contribution >= 4 is 11.9 Å². The molecule has 1 saturated heterocycles. The molecule has 0 atom stereocenters. The lowest BCUT2D eigenvalue weighted by atomic mass is 9.98. The van der Waals surface area contributed by atoms with Crippen molar-refractivity contribution in [2.45, 2.75) is 12.8 Å². The van der Waals surface area contributed by atoms with Gasteiger partial charge in [0, 0.05) is 19.7 Å². The summed E-state index contributed by atoms with van der Waals surface area (Å²) in [6.07, 6.45) is 1.78. The van der Waals surface area contributed by atoms with Crippen molar-refractivity contribution in [3.63, 3.8) is 0 Å². The molecule has 1 rings (SSSR count). The summed E-state index contributed by atoms with van der Waals surface area (Å²) in [6.45, 7) is 1.70. The van der Waals surface area contributed by atoms with Crippen LogP contribution >= 0.6 is 0 Å². The Labute approximate surface area is 83.1 Å². The number of aliphatic hydroxyl groups is 1. The van der Waals surface area contributed by atoms with Gasteiger partial charge in [0.2, 0.25) is 5.96 Å². The fourth-order valence-electron chi connectivity index (χ4n) is 1.52. The molecule has 1 aliphatic rings. The number of nitrogens with one attached hydrogen (secondary N) is 1. The lowest BCUT2D eigenvalue weighted by molar-refractivity contribution is 0.165. The zero-order chi connectivity index (χ0) is 10.6. The van der Waals surface area contributed by atoms with Crippen LogP contribution < -0.4 is 11.5 Å². The first-order chi connectivity index (χ1) is 6.63. The zero-order valence-corrected chi connectivity index (χ0v) is 8.11. The minimum Gasteiger partial charge on any atom is -0.396 e. The van der Waals surface area contributed by atoms with E-state index in [1.165, 1.54) is 0 Å². The van der Waals surface area contributed by atoms with Gasteiger partial charge in [0.25, 0.3) is 0 Å². The van der Waals surface area contributed by atoms with Gasteiger partial charge in [0.15, 0.2) is 5.96 Å². The third-order valence-electron chi connectivity index (χ3n) is 2.41. The predicted octanol–water partition coefficient (Wildman–Crippen LogP) is -1.10. The number of aliphatic hydroxyl groups excluding tert-OH is 1. The van der Waals surface area contributed by atoms with Crippen molar-refractivity contribution in [3.05, 3.63) is 0 Å². The van der Waals surface area contributed by atoms with Gasteiger partial charge in [0.1, 0.15) is 0 Å². The molecule has 0 saturated carbocycles. The van der Waals surface area contributed by atoms with Crippen LogP contribution in [0.5, 0.6) is 0 Å². The van der Waals surface area contributed by atoms with Crippen LogP contribution in [0.4, 0.5) is 0 Å². The summed E-state index contributed by atoms with van der Waals surface area (Å²) in [4.78, 5) is 5.48. The number of nitrogens with two attached hydrogens (primary N) is 2. The van der Waals surface area contributed by atoms with E-state index < -0.39 is 0 Å². The average molecular weight is 199 g/mol. The normalized spacial score (nSPS) is 17.9. The SMILES string of the molecule is N=C(N=C(N)N)N1CCC(CO)CC1. The number of rotatable bonds is 1. The van der Waals surface area contributed by atoms with Gasteiger partial charge in [-0.2, -0.15) is 4.99 Å². The van der Waals surface area contributed by atoms with Crippen LogP contribution in [0.25, 0.3) is 0 Å². The molecule has 6 nitrogen and oxygen atoms in total. The molecule has 0 bridgehead atoms. The minimum absolute atomic E-state index is 0.0840. The summed E-state index contributed by atoms with van der Waals surface area (Å²) in [5.41, 5.74) is 10.3. The molecular weight excluding hydrogens is 182 g/mol. The van der Waals surface area contributed by atoms with Crippen LogP contribution in [0, 0.1) is 11.3 Å². The van der Waals surface area contributed by atoms with Crippen LogP contribution in [0.15, 0.2) is 4.99 Å². The van der Waals surface area contributed by atoms with Crippen molar-refractivity contribution < 1.29 is 5.11 Å². The number of likely N-dealkylation sites (tertiary alicyclic amines) is 1. The first-order valence-corrected chi connectivity index (χ1v) is 4.67. The quantitative estimate of drug-likeness (QED) is 0.317. The fraction of sp³-hybridized carbons (Fsp3) is 0.750. The second-order valence-corrected chi connectivity index (χ2v) is 3.47. The molecule has 1 heterocycles. The number of aliphatic imine (C=N–C) groups is 1. The second kappa shape index (κ2) is 4.80. The Morgan fingerprint density at radius 3 is 2.43 bits per heavy atom. The standard InChI is InChI=1S/C8H17N5O/c9-7(10)12-8(11)13-3-1-6(5-14)2-4-13/h6,14H,1-5H2,(H5,9,10,11,12). The number of piperidine rings is 1.